The number of halogens is 2. The summed E-state index contributed by atoms with van der Waals surface area (Å²) >= 11 is 0. The summed E-state index contributed by atoms with van der Waals surface area (Å²) in [6, 6.07) is 14.1. The van der Waals surface area contributed by atoms with Crippen molar-refractivity contribution in [3.8, 4) is 11.6 Å². The Hall–Kier alpha value is -4.25. The maximum absolute atomic E-state index is 13.2. The molecule has 0 saturated heterocycles. The summed E-state index contributed by atoms with van der Waals surface area (Å²) in [5.74, 6) is 1.40. The predicted molar refractivity (Wildman–Crippen MR) is 126 cm³/mol. The SMILES string of the molecule is Cc1ccc(Nc2ccc3c(c2)ncn3-c2ccc(C(C)O)c(-n3nc(C(F)F)cc3C)n2)nn1. The van der Waals surface area contributed by atoms with Gasteiger partial charge in [-0.1, -0.05) is 0 Å². The van der Waals surface area contributed by atoms with Crippen LogP contribution in [0.1, 0.15) is 42.1 Å². The lowest BCUT2D eigenvalue weighted by atomic mass is 10.1. The smallest absolute Gasteiger partial charge is 0.282 e. The highest BCUT2D eigenvalue weighted by molar-refractivity contribution is 5.82. The number of anilines is 2. The van der Waals surface area contributed by atoms with E-state index in [0.717, 1.165) is 16.9 Å². The Balaban J connectivity index is 1.54. The van der Waals surface area contributed by atoms with Gasteiger partial charge in [0.1, 0.15) is 17.8 Å². The largest absolute Gasteiger partial charge is 0.389 e. The van der Waals surface area contributed by atoms with Crippen LogP contribution in [0, 0.1) is 13.8 Å². The van der Waals surface area contributed by atoms with Crippen molar-refractivity contribution in [1.29, 1.82) is 0 Å². The normalized spacial score (nSPS) is 12.4. The van der Waals surface area contributed by atoms with Crippen molar-refractivity contribution >= 4 is 22.5 Å². The summed E-state index contributed by atoms with van der Waals surface area (Å²) in [4.78, 5) is 9.17. The van der Waals surface area contributed by atoms with Crippen LogP contribution in [0.2, 0.25) is 0 Å². The van der Waals surface area contributed by atoms with Gasteiger partial charge in [0, 0.05) is 16.9 Å². The fourth-order valence-corrected chi connectivity index (χ4v) is 3.78. The van der Waals surface area contributed by atoms with E-state index in [9.17, 15) is 13.9 Å². The number of aliphatic hydroxyl groups excluding tert-OH is 1. The van der Waals surface area contributed by atoms with Crippen LogP contribution in [-0.2, 0) is 0 Å². The lowest BCUT2D eigenvalue weighted by Crippen LogP contribution is -2.11. The summed E-state index contributed by atoms with van der Waals surface area (Å²) in [6.45, 7) is 5.12. The average Bonchev–Trinajstić information content (AvgIpc) is 3.43. The van der Waals surface area contributed by atoms with Gasteiger partial charge in [-0.2, -0.15) is 10.2 Å². The number of benzene rings is 1. The van der Waals surface area contributed by atoms with E-state index in [-0.39, 0.29) is 11.5 Å². The van der Waals surface area contributed by atoms with Gasteiger partial charge in [0.05, 0.1) is 22.8 Å². The maximum atomic E-state index is 13.2. The molecule has 2 N–H and O–H groups in total. The number of hydrogen-bond donors (Lipinski definition) is 2. The van der Waals surface area contributed by atoms with Gasteiger partial charge in [0.15, 0.2) is 11.6 Å². The Morgan fingerprint density at radius 2 is 1.83 bits per heavy atom. The number of imidazole rings is 1. The van der Waals surface area contributed by atoms with Gasteiger partial charge in [0.25, 0.3) is 6.43 Å². The number of hydrogen-bond acceptors (Lipinski definition) is 7. The molecule has 0 aliphatic carbocycles. The number of aromatic nitrogens is 7. The van der Waals surface area contributed by atoms with Gasteiger partial charge in [-0.15, -0.1) is 5.10 Å². The van der Waals surface area contributed by atoms with Gasteiger partial charge in [-0.3, -0.25) is 4.57 Å². The summed E-state index contributed by atoms with van der Waals surface area (Å²) in [6.07, 6.45) is -1.95. The number of aliphatic hydroxyl groups is 1. The summed E-state index contributed by atoms with van der Waals surface area (Å²) < 4.78 is 29.6. The minimum absolute atomic E-state index is 0.278. The standard InChI is InChI=1S/C24H22F2N8O/c1-13-4-8-21(31-30-13)28-16-5-7-20-18(11-16)27-12-33(20)22-9-6-17(15(3)35)24(29-22)34-14(2)10-19(32-34)23(25)26/h4-12,15,23,35H,1-3H3,(H,28,31). The van der Waals surface area contributed by atoms with Crippen molar-refractivity contribution < 1.29 is 13.9 Å². The van der Waals surface area contributed by atoms with E-state index >= 15 is 0 Å². The molecular formula is C24H22F2N8O. The van der Waals surface area contributed by atoms with Crippen LogP contribution in [0.25, 0.3) is 22.7 Å². The topological polar surface area (TPSA) is 107 Å². The van der Waals surface area contributed by atoms with Gasteiger partial charge in [-0.25, -0.2) is 23.4 Å². The van der Waals surface area contributed by atoms with Gasteiger partial charge in [0.2, 0.25) is 0 Å². The maximum Gasteiger partial charge on any atom is 0.282 e. The number of pyridine rings is 1. The minimum atomic E-state index is -2.71. The lowest BCUT2D eigenvalue weighted by molar-refractivity contribution is 0.145. The number of aryl methyl sites for hydroxylation is 2. The first-order valence-electron chi connectivity index (χ1n) is 10.9. The van der Waals surface area contributed by atoms with E-state index in [1.165, 1.54) is 10.7 Å². The summed E-state index contributed by atoms with van der Waals surface area (Å²) in [5, 5.41) is 25.6. The molecule has 1 unspecified atom stereocenters. The molecule has 4 heterocycles. The van der Waals surface area contributed by atoms with E-state index in [4.69, 9.17) is 0 Å². The molecule has 1 atom stereocenters. The highest BCUT2D eigenvalue weighted by atomic mass is 19.3. The number of fused-ring (bicyclic) bond motifs is 1. The van der Waals surface area contributed by atoms with E-state index in [1.807, 2.05) is 37.3 Å². The lowest BCUT2D eigenvalue weighted by Gasteiger charge is -2.15. The molecule has 0 fully saturated rings. The molecule has 9 nitrogen and oxygen atoms in total. The number of nitrogens with zero attached hydrogens (tertiary/aromatic N) is 7. The predicted octanol–water partition coefficient (Wildman–Crippen LogP) is 4.75. The molecular weight excluding hydrogens is 454 g/mol. The van der Waals surface area contributed by atoms with Crippen LogP contribution >= 0.6 is 0 Å². The van der Waals surface area contributed by atoms with Crippen molar-refractivity contribution in [3.63, 3.8) is 0 Å². The zero-order valence-electron chi connectivity index (χ0n) is 19.2. The van der Waals surface area contributed by atoms with Crippen molar-refractivity contribution in [3.05, 3.63) is 77.5 Å². The van der Waals surface area contributed by atoms with Crippen molar-refractivity contribution in [1.82, 2.24) is 34.5 Å². The average molecular weight is 476 g/mol. The van der Waals surface area contributed by atoms with Crippen LogP contribution in [-0.4, -0.2) is 39.6 Å². The molecule has 5 aromatic rings. The molecule has 0 radical (unpaired) electrons. The third-order valence-corrected chi connectivity index (χ3v) is 5.54. The first kappa shape index (κ1) is 22.5. The molecule has 0 aliphatic rings. The van der Waals surface area contributed by atoms with Gasteiger partial charge in [-0.05, 0) is 69.3 Å². The number of alkyl halides is 2. The fraction of sp³-hybridized carbons (Fsp3) is 0.208. The van der Waals surface area contributed by atoms with E-state index in [0.29, 0.717) is 28.4 Å². The molecule has 0 bridgehead atoms. The van der Waals surface area contributed by atoms with Crippen LogP contribution in [0.15, 0.2) is 54.9 Å². The fourth-order valence-electron chi connectivity index (χ4n) is 3.78. The Kier molecular flexibility index (Phi) is 5.69. The molecule has 0 aliphatic heterocycles. The molecule has 0 amide bonds. The first-order chi connectivity index (χ1) is 16.8. The Bertz CT molecular complexity index is 1510. The molecule has 178 valence electrons. The minimum Gasteiger partial charge on any atom is -0.389 e. The Morgan fingerprint density at radius 3 is 2.51 bits per heavy atom. The monoisotopic (exact) mass is 476 g/mol. The molecule has 35 heavy (non-hydrogen) atoms. The van der Waals surface area contributed by atoms with Crippen molar-refractivity contribution in [2.24, 2.45) is 0 Å². The second kappa shape index (κ2) is 8.84. The Morgan fingerprint density at radius 1 is 1.00 bits per heavy atom. The van der Waals surface area contributed by atoms with Crippen LogP contribution in [0.5, 0.6) is 0 Å². The Labute approximate surface area is 199 Å². The second-order valence-electron chi connectivity index (χ2n) is 8.18. The van der Waals surface area contributed by atoms with Crippen molar-refractivity contribution in [2.45, 2.75) is 33.3 Å². The van der Waals surface area contributed by atoms with Crippen LogP contribution in [0.3, 0.4) is 0 Å². The molecule has 11 heteroatoms. The molecule has 0 spiro atoms. The van der Waals surface area contributed by atoms with Gasteiger partial charge < -0.3 is 10.4 Å². The first-order valence-corrected chi connectivity index (χ1v) is 10.9. The third-order valence-electron chi connectivity index (χ3n) is 5.54. The molecule has 1 aromatic carbocycles. The summed E-state index contributed by atoms with van der Waals surface area (Å²) in [7, 11) is 0. The van der Waals surface area contributed by atoms with E-state index < -0.39 is 12.5 Å². The zero-order valence-corrected chi connectivity index (χ0v) is 19.2. The summed E-state index contributed by atoms with van der Waals surface area (Å²) in [5.41, 5.74) is 3.73. The zero-order chi connectivity index (χ0) is 24.7. The van der Waals surface area contributed by atoms with E-state index in [2.05, 4.69) is 30.6 Å². The van der Waals surface area contributed by atoms with Crippen molar-refractivity contribution in [2.75, 3.05) is 5.32 Å². The number of nitrogens with one attached hydrogen (secondary N) is 1. The highest BCUT2D eigenvalue weighted by Crippen LogP contribution is 2.27. The highest BCUT2D eigenvalue weighted by Gasteiger charge is 2.20. The molecule has 4 aromatic heterocycles. The molecule has 0 saturated carbocycles. The quantitative estimate of drug-likeness (QED) is 0.364. The molecule has 5 rings (SSSR count). The van der Waals surface area contributed by atoms with Crippen LogP contribution in [0.4, 0.5) is 20.3 Å². The third kappa shape index (κ3) is 4.33. The number of rotatable bonds is 6. The second-order valence-corrected chi connectivity index (χ2v) is 8.18. The van der Waals surface area contributed by atoms with Crippen LogP contribution < -0.4 is 5.32 Å². The van der Waals surface area contributed by atoms with Gasteiger partial charge >= 0.3 is 0 Å². The van der Waals surface area contributed by atoms with E-state index in [1.54, 1.807) is 36.9 Å².